The number of aromatic amines is 1. The summed E-state index contributed by atoms with van der Waals surface area (Å²) in [4.78, 5) is 15.8. The lowest BCUT2D eigenvalue weighted by Crippen LogP contribution is -2.39. The van der Waals surface area contributed by atoms with Crippen LogP contribution in [0.15, 0.2) is 22.8 Å². The van der Waals surface area contributed by atoms with Gasteiger partial charge in [-0.05, 0) is 38.2 Å². The monoisotopic (exact) mass is 312 g/mol. The van der Waals surface area contributed by atoms with Gasteiger partial charge in [-0.2, -0.15) is 0 Å². The molecule has 0 spiro atoms. The van der Waals surface area contributed by atoms with Crippen LogP contribution in [-0.4, -0.2) is 22.5 Å². The SMILES string of the molecule is Cc1[nH]c(=S)sc1CC(=O)NCC(C)(O)c1ccco1. The molecule has 20 heavy (non-hydrogen) atoms. The number of furan rings is 1. The van der Waals surface area contributed by atoms with Gasteiger partial charge in [0.05, 0.1) is 19.2 Å². The van der Waals surface area contributed by atoms with E-state index >= 15 is 0 Å². The number of amides is 1. The molecule has 0 aliphatic carbocycles. The minimum atomic E-state index is -1.22. The van der Waals surface area contributed by atoms with E-state index < -0.39 is 5.60 Å². The zero-order valence-corrected chi connectivity index (χ0v) is 12.9. The van der Waals surface area contributed by atoms with Gasteiger partial charge in [-0.1, -0.05) is 0 Å². The molecule has 0 aliphatic heterocycles. The Kier molecular flexibility index (Phi) is 4.42. The largest absolute Gasteiger partial charge is 0.466 e. The topological polar surface area (TPSA) is 78.3 Å². The molecule has 0 bridgehead atoms. The predicted octanol–water partition coefficient (Wildman–Crippen LogP) is 2.27. The smallest absolute Gasteiger partial charge is 0.225 e. The van der Waals surface area contributed by atoms with Crippen molar-refractivity contribution in [3.05, 3.63) is 38.7 Å². The van der Waals surface area contributed by atoms with Gasteiger partial charge in [-0.15, -0.1) is 11.3 Å². The molecule has 0 aliphatic rings. The molecule has 2 aromatic rings. The van der Waals surface area contributed by atoms with Gasteiger partial charge in [-0.25, -0.2) is 0 Å². The first-order valence-corrected chi connectivity index (χ1v) is 7.32. The van der Waals surface area contributed by atoms with Gasteiger partial charge in [-0.3, -0.25) is 4.79 Å². The van der Waals surface area contributed by atoms with E-state index in [2.05, 4.69) is 10.3 Å². The van der Waals surface area contributed by atoms with Crippen LogP contribution in [0, 0.1) is 10.9 Å². The number of carbonyl (C=O) groups excluding carboxylic acids is 1. The minimum Gasteiger partial charge on any atom is -0.466 e. The normalized spacial score (nSPS) is 13.9. The molecule has 2 rings (SSSR count). The number of hydrogen-bond acceptors (Lipinski definition) is 5. The first kappa shape index (κ1) is 15.0. The summed E-state index contributed by atoms with van der Waals surface area (Å²) in [5, 5.41) is 12.9. The van der Waals surface area contributed by atoms with Crippen LogP contribution in [0.25, 0.3) is 0 Å². The van der Waals surface area contributed by atoms with E-state index in [0.29, 0.717) is 9.71 Å². The average molecular weight is 312 g/mol. The molecule has 0 fully saturated rings. The van der Waals surface area contributed by atoms with E-state index in [4.69, 9.17) is 16.6 Å². The van der Waals surface area contributed by atoms with Crippen LogP contribution in [0.2, 0.25) is 0 Å². The molecule has 108 valence electrons. The molecule has 2 aromatic heterocycles. The Bertz CT molecular complexity index is 641. The number of hydrogen-bond donors (Lipinski definition) is 3. The summed E-state index contributed by atoms with van der Waals surface area (Å²) >= 11 is 6.42. The van der Waals surface area contributed by atoms with Gasteiger partial charge in [0.2, 0.25) is 5.91 Å². The Hall–Kier alpha value is -1.44. The number of aliphatic hydroxyl groups is 1. The molecular weight excluding hydrogens is 296 g/mol. The number of aryl methyl sites for hydroxylation is 1. The lowest BCUT2D eigenvalue weighted by Gasteiger charge is -2.21. The molecule has 0 radical (unpaired) electrons. The Labute approximate surface area is 125 Å². The minimum absolute atomic E-state index is 0.0915. The highest BCUT2D eigenvalue weighted by atomic mass is 32.1. The summed E-state index contributed by atoms with van der Waals surface area (Å²) in [6.07, 6.45) is 1.74. The van der Waals surface area contributed by atoms with Crippen molar-refractivity contribution in [2.24, 2.45) is 0 Å². The standard InChI is InChI=1S/C13H16N2O3S2/c1-8-9(20-12(19)15-8)6-11(16)14-7-13(2,17)10-4-3-5-18-10/h3-5,17H,6-7H2,1-2H3,(H,14,16)(H,15,19). The maximum atomic E-state index is 11.9. The van der Waals surface area contributed by atoms with Crippen molar-refractivity contribution in [3.63, 3.8) is 0 Å². The molecule has 1 unspecified atom stereocenters. The van der Waals surface area contributed by atoms with Gasteiger partial charge in [0, 0.05) is 10.6 Å². The van der Waals surface area contributed by atoms with Crippen molar-refractivity contribution in [2.45, 2.75) is 25.9 Å². The molecule has 7 heteroatoms. The van der Waals surface area contributed by atoms with Gasteiger partial charge in [0.15, 0.2) is 3.95 Å². The number of rotatable bonds is 5. The van der Waals surface area contributed by atoms with E-state index in [-0.39, 0.29) is 18.9 Å². The maximum Gasteiger partial charge on any atom is 0.225 e. The summed E-state index contributed by atoms with van der Waals surface area (Å²) in [6, 6.07) is 3.37. The Balaban J connectivity index is 1.93. The lowest BCUT2D eigenvalue weighted by molar-refractivity contribution is -0.121. The molecule has 1 amide bonds. The first-order valence-electron chi connectivity index (χ1n) is 6.10. The zero-order valence-electron chi connectivity index (χ0n) is 11.2. The number of carbonyl (C=O) groups is 1. The summed E-state index contributed by atoms with van der Waals surface area (Å²) in [5.41, 5.74) is -0.313. The fourth-order valence-corrected chi connectivity index (χ4v) is 3.05. The van der Waals surface area contributed by atoms with Crippen LogP contribution >= 0.6 is 23.6 Å². The van der Waals surface area contributed by atoms with E-state index in [0.717, 1.165) is 10.6 Å². The fraction of sp³-hybridized carbons (Fsp3) is 0.385. The van der Waals surface area contributed by atoms with Crippen molar-refractivity contribution in [1.82, 2.24) is 10.3 Å². The van der Waals surface area contributed by atoms with E-state index in [1.54, 1.807) is 19.1 Å². The second kappa shape index (κ2) is 5.90. The quantitative estimate of drug-likeness (QED) is 0.740. The van der Waals surface area contributed by atoms with Crippen molar-refractivity contribution in [2.75, 3.05) is 6.54 Å². The van der Waals surface area contributed by atoms with E-state index in [1.807, 2.05) is 6.92 Å². The zero-order chi connectivity index (χ0) is 14.8. The second-order valence-corrected chi connectivity index (χ2v) is 6.54. The van der Waals surface area contributed by atoms with Crippen LogP contribution in [0.3, 0.4) is 0 Å². The second-order valence-electron chi connectivity index (χ2n) is 4.77. The highest BCUT2D eigenvalue weighted by Crippen LogP contribution is 2.20. The van der Waals surface area contributed by atoms with E-state index in [9.17, 15) is 9.90 Å². The summed E-state index contributed by atoms with van der Waals surface area (Å²) in [7, 11) is 0. The summed E-state index contributed by atoms with van der Waals surface area (Å²) in [5.74, 6) is 0.261. The molecular formula is C13H16N2O3S2. The molecule has 0 saturated carbocycles. The van der Waals surface area contributed by atoms with E-state index in [1.165, 1.54) is 17.6 Å². The lowest BCUT2D eigenvalue weighted by atomic mass is 10.0. The Morgan fingerprint density at radius 3 is 2.95 bits per heavy atom. The van der Waals surface area contributed by atoms with Crippen molar-refractivity contribution >= 4 is 29.5 Å². The Morgan fingerprint density at radius 2 is 2.40 bits per heavy atom. The third-order valence-electron chi connectivity index (χ3n) is 2.93. The number of H-pyrrole nitrogens is 1. The highest BCUT2D eigenvalue weighted by molar-refractivity contribution is 7.73. The van der Waals surface area contributed by atoms with Gasteiger partial charge in [0.1, 0.15) is 11.4 Å². The predicted molar refractivity (Wildman–Crippen MR) is 79.2 cm³/mol. The summed E-state index contributed by atoms with van der Waals surface area (Å²) < 4.78 is 5.81. The van der Waals surface area contributed by atoms with Crippen LogP contribution < -0.4 is 5.32 Å². The molecule has 0 saturated heterocycles. The average Bonchev–Trinajstić information content (AvgIpc) is 2.98. The number of nitrogens with one attached hydrogen (secondary N) is 2. The molecule has 0 aromatic carbocycles. The van der Waals surface area contributed by atoms with Crippen LogP contribution in [0.4, 0.5) is 0 Å². The summed E-state index contributed by atoms with van der Waals surface area (Å²) in [6.45, 7) is 3.57. The number of aromatic nitrogens is 1. The van der Waals surface area contributed by atoms with Gasteiger partial charge in [0.25, 0.3) is 0 Å². The first-order chi connectivity index (χ1) is 9.38. The van der Waals surface area contributed by atoms with Crippen LogP contribution in [-0.2, 0) is 16.8 Å². The highest BCUT2D eigenvalue weighted by Gasteiger charge is 2.26. The molecule has 1 atom stereocenters. The third-order valence-corrected chi connectivity index (χ3v) is 4.26. The van der Waals surface area contributed by atoms with Crippen LogP contribution in [0.5, 0.6) is 0 Å². The van der Waals surface area contributed by atoms with Crippen molar-refractivity contribution in [1.29, 1.82) is 0 Å². The molecule has 2 heterocycles. The van der Waals surface area contributed by atoms with Crippen LogP contribution in [0.1, 0.15) is 23.3 Å². The number of thiazole rings is 1. The fourth-order valence-electron chi connectivity index (χ4n) is 1.76. The van der Waals surface area contributed by atoms with Crippen molar-refractivity contribution < 1.29 is 14.3 Å². The van der Waals surface area contributed by atoms with Gasteiger partial charge >= 0.3 is 0 Å². The maximum absolute atomic E-state index is 11.9. The third kappa shape index (κ3) is 3.56. The molecule has 3 N–H and O–H groups in total. The van der Waals surface area contributed by atoms with Gasteiger partial charge < -0.3 is 19.8 Å². The van der Waals surface area contributed by atoms with Crippen molar-refractivity contribution in [3.8, 4) is 0 Å². The Morgan fingerprint density at radius 1 is 1.65 bits per heavy atom. The molecule has 5 nitrogen and oxygen atoms in total.